The summed E-state index contributed by atoms with van der Waals surface area (Å²) in [5.74, 6) is -0.392. The van der Waals surface area contributed by atoms with Crippen molar-refractivity contribution in [1.82, 2.24) is 14.5 Å². The van der Waals surface area contributed by atoms with E-state index in [4.69, 9.17) is 23.2 Å². The van der Waals surface area contributed by atoms with Crippen LogP contribution in [-0.4, -0.2) is 20.4 Å². The van der Waals surface area contributed by atoms with E-state index < -0.39 is 5.91 Å². The average Bonchev–Trinajstić information content (AvgIpc) is 3.22. The number of rotatable bonds is 4. The van der Waals surface area contributed by atoms with Gasteiger partial charge in [-0.05, 0) is 25.1 Å². The van der Waals surface area contributed by atoms with E-state index in [-0.39, 0.29) is 15.6 Å². The molecule has 0 saturated carbocycles. The number of fused-ring (bicyclic) bond motifs is 1. The Kier molecular flexibility index (Phi) is 5.34. The first-order valence-electron chi connectivity index (χ1n) is 8.88. The number of nitrogens with one attached hydrogen (secondary N) is 1. The van der Waals surface area contributed by atoms with Crippen molar-refractivity contribution in [2.24, 2.45) is 0 Å². The number of allylic oxidation sites excluding steroid dienone is 1. The Morgan fingerprint density at radius 3 is 2.59 bits per heavy atom. The predicted molar refractivity (Wildman–Crippen MR) is 118 cm³/mol. The molecule has 2 heterocycles. The second kappa shape index (κ2) is 8.07. The molecule has 4 aromatic rings. The molecule has 0 spiro atoms. The normalized spacial score (nSPS) is 11.3. The smallest absolute Gasteiger partial charge is 0.258 e. The van der Waals surface area contributed by atoms with E-state index in [2.05, 4.69) is 15.3 Å². The minimum absolute atomic E-state index is 0.230. The standard InChI is InChI=1S/C22H16Cl2N4O/c1-2-5-14-12-26-20-15(21(14)28-11-10-25-13-28)6-3-9-18(20)27-22(29)19-16(23)7-4-8-17(19)24/h2-13H,1H3,(H,27,29)/b5-2-. The summed E-state index contributed by atoms with van der Waals surface area (Å²) in [7, 11) is 0. The van der Waals surface area contributed by atoms with Crippen LogP contribution in [0.3, 0.4) is 0 Å². The van der Waals surface area contributed by atoms with Crippen LogP contribution in [-0.2, 0) is 0 Å². The molecule has 0 aliphatic carbocycles. The number of hydrogen-bond donors (Lipinski definition) is 1. The Balaban J connectivity index is 1.85. The molecule has 0 aliphatic rings. The van der Waals surface area contributed by atoms with Gasteiger partial charge in [-0.2, -0.15) is 0 Å². The maximum absolute atomic E-state index is 12.8. The molecule has 2 aromatic carbocycles. The first-order valence-corrected chi connectivity index (χ1v) is 9.64. The molecular weight excluding hydrogens is 407 g/mol. The molecule has 4 rings (SSSR count). The number of imidazole rings is 1. The van der Waals surface area contributed by atoms with Crippen LogP contribution >= 0.6 is 23.2 Å². The van der Waals surface area contributed by atoms with E-state index in [1.54, 1.807) is 43.0 Å². The zero-order valence-corrected chi connectivity index (χ0v) is 16.9. The van der Waals surface area contributed by atoms with Crippen molar-refractivity contribution in [3.8, 4) is 5.69 Å². The van der Waals surface area contributed by atoms with Crippen LogP contribution in [0.4, 0.5) is 5.69 Å². The van der Waals surface area contributed by atoms with Gasteiger partial charge in [-0.25, -0.2) is 4.98 Å². The van der Waals surface area contributed by atoms with Gasteiger partial charge in [0.15, 0.2) is 0 Å². The van der Waals surface area contributed by atoms with Gasteiger partial charge in [0.25, 0.3) is 5.91 Å². The number of anilines is 1. The number of hydrogen-bond acceptors (Lipinski definition) is 3. The summed E-state index contributed by atoms with van der Waals surface area (Å²) in [5.41, 5.74) is 3.32. The molecular formula is C22H16Cl2N4O. The summed E-state index contributed by atoms with van der Waals surface area (Å²) < 4.78 is 1.93. The molecule has 0 bridgehead atoms. The highest BCUT2D eigenvalue weighted by Gasteiger charge is 2.17. The van der Waals surface area contributed by atoms with E-state index in [0.29, 0.717) is 11.2 Å². The molecule has 0 radical (unpaired) electrons. The van der Waals surface area contributed by atoms with Crippen molar-refractivity contribution in [2.75, 3.05) is 5.32 Å². The van der Waals surface area contributed by atoms with Crippen molar-refractivity contribution in [2.45, 2.75) is 6.92 Å². The quantitative estimate of drug-likeness (QED) is 0.437. The Morgan fingerprint density at radius 1 is 1.14 bits per heavy atom. The minimum Gasteiger partial charge on any atom is -0.320 e. The first kappa shape index (κ1) is 19.2. The van der Waals surface area contributed by atoms with Gasteiger partial charge in [-0.15, -0.1) is 0 Å². The SMILES string of the molecule is C/C=C\c1cnc2c(NC(=O)c3c(Cl)cccc3Cl)cccc2c1-n1ccnc1. The van der Waals surface area contributed by atoms with Gasteiger partial charge in [0.2, 0.25) is 0 Å². The third kappa shape index (κ3) is 3.62. The predicted octanol–water partition coefficient (Wildman–Crippen LogP) is 6.01. The number of carbonyl (C=O) groups is 1. The Bertz CT molecular complexity index is 1210. The molecule has 29 heavy (non-hydrogen) atoms. The van der Waals surface area contributed by atoms with Crippen molar-refractivity contribution in [3.05, 3.63) is 88.6 Å². The number of aromatic nitrogens is 3. The van der Waals surface area contributed by atoms with Crippen molar-refractivity contribution >= 4 is 51.8 Å². The summed E-state index contributed by atoms with van der Waals surface area (Å²) >= 11 is 12.4. The van der Waals surface area contributed by atoms with E-state index in [1.807, 2.05) is 42.0 Å². The maximum Gasteiger partial charge on any atom is 0.258 e. The number of halogens is 2. The lowest BCUT2D eigenvalue weighted by Gasteiger charge is -2.14. The minimum atomic E-state index is -0.392. The van der Waals surface area contributed by atoms with Gasteiger partial charge in [0, 0.05) is 29.5 Å². The van der Waals surface area contributed by atoms with Gasteiger partial charge in [-0.1, -0.05) is 53.6 Å². The fourth-order valence-electron chi connectivity index (χ4n) is 3.21. The van der Waals surface area contributed by atoms with E-state index in [0.717, 1.165) is 16.6 Å². The summed E-state index contributed by atoms with van der Waals surface area (Å²) in [6.07, 6.45) is 11.0. The van der Waals surface area contributed by atoms with Crippen LogP contribution < -0.4 is 5.32 Å². The highest BCUT2D eigenvalue weighted by molar-refractivity contribution is 6.40. The number of nitrogens with zero attached hydrogens (tertiary/aromatic N) is 3. The Hall–Kier alpha value is -3.15. The average molecular weight is 423 g/mol. The van der Waals surface area contributed by atoms with Crippen molar-refractivity contribution < 1.29 is 4.79 Å². The largest absolute Gasteiger partial charge is 0.320 e. The molecule has 1 amide bonds. The number of carbonyl (C=O) groups excluding carboxylic acids is 1. The third-order valence-corrected chi connectivity index (χ3v) is 5.07. The topological polar surface area (TPSA) is 59.8 Å². The second-order valence-electron chi connectivity index (χ2n) is 6.28. The first-order chi connectivity index (χ1) is 14.1. The van der Waals surface area contributed by atoms with Gasteiger partial charge in [0.1, 0.15) is 0 Å². The van der Waals surface area contributed by atoms with Gasteiger partial charge < -0.3 is 9.88 Å². The van der Waals surface area contributed by atoms with Crippen molar-refractivity contribution in [1.29, 1.82) is 0 Å². The van der Waals surface area contributed by atoms with E-state index in [9.17, 15) is 4.79 Å². The highest BCUT2D eigenvalue weighted by Crippen LogP contribution is 2.31. The fourth-order valence-corrected chi connectivity index (χ4v) is 3.78. The summed E-state index contributed by atoms with van der Waals surface area (Å²) in [4.78, 5) is 21.6. The molecule has 0 fully saturated rings. The van der Waals surface area contributed by atoms with Crippen LogP contribution in [0.2, 0.25) is 10.0 Å². The molecule has 5 nitrogen and oxygen atoms in total. The number of benzene rings is 2. The lowest BCUT2D eigenvalue weighted by molar-refractivity contribution is 0.102. The lowest BCUT2D eigenvalue weighted by Crippen LogP contribution is -2.14. The molecule has 0 atom stereocenters. The summed E-state index contributed by atoms with van der Waals surface area (Å²) in [5, 5.41) is 4.35. The number of pyridine rings is 1. The van der Waals surface area contributed by atoms with Crippen LogP contribution in [0.25, 0.3) is 22.7 Å². The highest BCUT2D eigenvalue weighted by atomic mass is 35.5. The number of para-hydroxylation sites is 1. The molecule has 2 aromatic heterocycles. The zero-order valence-electron chi connectivity index (χ0n) is 15.4. The molecule has 7 heteroatoms. The summed E-state index contributed by atoms with van der Waals surface area (Å²) in [6, 6.07) is 10.6. The van der Waals surface area contributed by atoms with Crippen LogP contribution in [0.5, 0.6) is 0 Å². The van der Waals surface area contributed by atoms with Gasteiger partial charge >= 0.3 is 0 Å². The van der Waals surface area contributed by atoms with Gasteiger partial charge in [-0.3, -0.25) is 9.78 Å². The second-order valence-corrected chi connectivity index (χ2v) is 7.10. The molecule has 144 valence electrons. The van der Waals surface area contributed by atoms with E-state index in [1.165, 1.54) is 0 Å². The zero-order chi connectivity index (χ0) is 20.4. The van der Waals surface area contributed by atoms with Crippen LogP contribution in [0, 0.1) is 0 Å². The molecule has 1 N–H and O–H groups in total. The number of amides is 1. The molecule has 0 saturated heterocycles. The third-order valence-electron chi connectivity index (χ3n) is 4.44. The van der Waals surface area contributed by atoms with Crippen LogP contribution in [0.1, 0.15) is 22.8 Å². The maximum atomic E-state index is 12.8. The summed E-state index contributed by atoms with van der Waals surface area (Å²) in [6.45, 7) is 1.95. The molecule has 0 unspecified atom stereocenters. The van der Waals surface area contributed by atoms with Crippen LogP contribution in [0.15, 0.2) is 67.4 Å². The monoisotopic (exact) mass is 422 g/mol. The fraction of sp³-hybridized carbons (Fsp3) is 0.0455. The molecule has 0 aliphatic heterocycles. The van der Waals surface area contributed by atoms with Gasteiger partial charge in [0.05, 0.1) is 38.8 Å². The van der Waals surface area contributed by atoms with Crippen molar-refractivity contribution in [3.63, 3.8) is 0 Å². The lowest BCUT2D eigenvalue weighted by atomic mass is 10.1. The van der Waals surface area contributed by atoms with E-state index >= 15 is 0 Å². The Labute approximate surface area is 177 Å². The Morgan fingerprint density at radius 2 is 1.90 bits per heavy atom.